The second-order valence-electron chi connectivity index (χ2n) is 9.29. The van der Waals surface area contributed by atoms with Gasteiger partial charge in [-0.25, -0.2) is 9.29 Å². The molecular weight excluding hydrogens is 588 g/mol. The number of nitrogens with zero attached hydrogens (tertiary/aromatic N) is 3. The van der Waals surface area contributed by atoms with Crippen molar-refractivity contribution < 1.29 is 23.5 Å². The number of carbonyl (C=O) groups excluding carboxylic acids is 3. The number of rotatable bonds is 4. The van der Waals surface area contributed by atoms with Crippen LogP contribution in [0.25, 0.3) is 0 Å². The van der Waals surface area contributed by atoms with Crippen LogP contribution in [0.5, 0.6) is 0 Å². The summed E-state index contributed by atoms with van der Waals surface area (Å²) in [4.78, 5) is 56.8. The van der Waals surface area contributed by atoms with E-state index >= 15 is 0 Å². The molecule has 3 aromatic rings. The molecule has 39 heavy (non-hydrogen) atoms. The number of halogens is 3. The van der Waals surface area contributed by atoms with Crippen LogP contribution in [0.4, 0.5) is 10.1 Å². The summed E-state index contributed by atoms with van der Waals surface area (Å²) in [5.74, 6) is -3.34. The van der Waals surface area contributed by atoms with E-state index in [1.807, 2.05) is 0 Å². The Morgan fingerprint density at radius 3 is 2.46 bits per heavy atom. The van der Waals surface area contributed by atoms with Crippen LogP contribution in [-0.2, 0) is 25.7 Å². The fourth-order valence-corrected chi connectivity index (χ4v) is 8.43. The lowest BCUT2D eigenvalue weighted by Gasteiger charge is -2.31. The summed E-state index contributed by atoms with van der Waals surface area (Å²) in [6.07, 6.45) is 0. The first-order chi connectivity index (χ1) is 18.8. The predicted octanol–water partition coefficient (Wildman–Crippen LogP) is 4.01. The van der Waals surface area contributed by atoms with Crippen molar-refractivity contribution in [2.24, 2.45) is 5.92 Å². The summed E-state index contributed by atoms with van der Waals surface area (Å²) in [6, 6.07) is 10.2. The lowest BCUT2D eigenvalue weighted by molar-refractivity contribution is -0.136. The summed E-state index contributed by atoms with van der Waals surface area (Å²) < 4.78 is 20.3. The average Bonchev–Trinajstić information content (AvgIpc) is 3.38. The normalized spacial score (nSPS) is 22.7. The van der Waals surface area contributed by atoms with Crippen molar-refractivity contribution in [3.05, 3.63) is 78.4 Å². The van der Waals surface area contributed by atoms with Crippen molar-refractivity contribution in [2.75, 3.05) is 31.2 Å². The number of amides is 3. The summed E-state index contributed by atoms with van der Waals surface area (Å²) >= 11 is 15.0. The van der Waals surface area contributed by atoms with Gasteiger partial charge in [-0.05, 0) is 35.9 Å². The van der Waals surface area contributed by atoms with Crippen molar-refractivity contribution in [1.29, 1.82) is 0 Å². The third-order valence-electron chi connectivity index (χ3n) is 7.11. The predicted molar refractivity (Wildman–Crippen MR) is 146 cm³/mol. The largest absolute Gasteiger partial charge is 0.378 e. The first-order valence-electron chi connectivity index (χ1n) is 12.1. The minimum absolute atomic E-state index is 0.200. The Balaban J connectivity index is 1.46. The molecule has 0 radical (unpaired) electrons. The highest BCUT2D eigenvalue weighted by atomic mass is 35.5. The second kappa shape index (κ2) is 10.4. The molecule has 0 bridgehead atoms. The molecule has 13 heteroatoms. The summed E-state index contributed by atoms with van der Waals surface area (Å²) in [5.41, 5.74) is 0.760. The fraction of sp³-hybridized carbons (Fsp3) is 0.308. The monoisotopic (exact) mass is 607 g/mol. The number of ether oxygens (including phenoxy) is 1. The Bertz CT molecular complexity index is 1550. The van der Waals surface area contributed by atoms with E-state index in [0.29, 0.717) is 41.8 Å². The van der Waals surface area contributed by atoms with Gasteiger partial charge in [0.2, 0.25) is 17.7 Å². The molecule has 0 aliphatic carbocycles. The molecule has 2 saturated heterocycles. The number of carbonyl (C=O) groups is 3. The molecule has 0 saturated carbocycles. The van der Waals surface area contributed by atoms with E-state index in [0.717, 1.165) is 28.0 Å². The maximum atomic E-state index is 13.9. The second-order valence-corrected chi connectivity index (χ2v) is 12.2. The molecule has 0 spiro atoms. The molecular formula is C26H20Cl2FN3O5S2. The van der Waals surface area contributed by atoms with E-state index in [4.69, 9.17) is 27.9 Å². The van der Waals surface area contributed by atoms with Gasteiger partial charge in [0.05, 0.1) is 39.9 Å². The summed E-state index contributed by atoms with van der Waals surface area (Å²) in [6.45, 7) is 1.50. The molecule has 0 unspecified atom stereocenters. The lowest BCUT2D eigenvalue weighted by Crippen LogP contribution is -2.43. The molecule has 2 fully saturated rings. The first-order valence-corrected chi connectivity index (χ1v) is 14.5. The van der Waals surface area contributed by atoms with Crippen molar-refractivity contribution in [2.45, 2.75) is 22.7 Å². The van der Waals surface area contributed by atoms with Crippen LogP contribution < -0.4 is 9.77 Å². The zero-order chi connectivity index (χ0) is 27.4. The molecule has 8 nitrogen and oxygen atoms in total. The Hall–Kier alpha value is -2.70. The maximum Gasteiger partial charge on any atom is 0.308 e. The van der Waals surface area contributed by atoms with E-state index in [2.05, 4.69) is 0 Å². The number of thioether (sulfide) groups is 1. The van der Waals surface area contributed by atoms with Crippen molar-refractivity contribution in [1.82, 2.24) is 9.47 Å². The molecule has 1 aromatic heterocycles. The van der Waals surface area contributed by atoms with Crippen molar-refractivity contribution >= 4 is 69.7 Å². The van der Waals surface area contributed by atoms with Gasteiger partial charge in [0, 0.05) is 23.9 Å². The molecule has 2 aromatic carbocycles. The minimum Gasteiger partial charge on any atom is -0.378 e. The van der Waals surface area contributed by atoms with Crippen molar-refractivity contribution in [3.8, 4) is 0 Å². The summed E-state index contributed by atoms with van der Waals surface area (Å²) in [5, 5.41) is 0.0508. The molecule has 3 aliphatic rings. The molecule has 3 aliphatic heterocycles. The average molecular weight is 608 g/mol. The number of thiazole rings is 1. The lowest BCUT2D eigenvalue weighted by atomic mass is 9.83. The number of fused-ring (bicyclic) bond motifs is 2. The Labute approximate surface area is 240 Å². The fourth-order valence-electron chi connectivity index (χ4n) is 5.24. The molecule has 3 amide bonds. The Kier molecular flexibility index (Phi) is 7.05. The maximum absolute atomic E-state index is 13.9. The van der Waals surface area contributed by atoms with Gasteiger partial charge in [-0.15, -0.1) is 0 Å². The molecule has 4 heterocycles. The number of imide groups is 1. The SMILES string of the molecule is O=C(Cn1c2c(sc1=O)[C@@H](c1cccc(Cl)c1Cl)[C@@H]1C(=O)N(c3ccc(F)cc3)C(=O)[C@@H]1S2)N1CCOCC1. The third kappa shape index (κ3) is 4.50. The van der Waals surface area contributed by atoms with Gasteiger partial charge < -0.3 is 9.64 Å². The first kappa shape index (κ1) is 26.5. The third-order valence-corrected chi connectivity index (χ3v) is 10.5. The zero-order valence-corrected chi connectivity index (χ0v) is 23.3. The van der Waals surface area contributed by atoms with Gasteiger partial charge in [0.25, 0.3) is 0 Å². The number of hydrogen-bond donors (Lipinski definition) is 0. The van der Waals surface area contributed by atoms with E-state index < -0.39 is 34.7 Å². The molecule has 0 N–H and O–H groups in total. The number of aromatic nitrogens is 1. The van der Waals surface area contributed by atoms with Crippen LogP contribution in [0, 0.1) is 11.7 Å². The van der Waals surface area contributed by atoms with Crippen LogP contribution in [0.1, 0.15) is 16.4 Å². The minimum atomic E-state index is -0.895. The smallest absolute Gasteiger partial charge is 0.308 e. The van der Waals surface area contributed by atoms with Crippen LogP contribution in [0.2, 0.25) is 10.0 Å². The van der Waals surface area contributed by atoms with Crippen LogP contribution in [-0.4, -0.2) is 58.7 Å². The number of hydrogen-bond acceptors (Lipinski definition) is 7. The van der Waals surface area contributed by atoms with Crippen LogP contribution >= 0.6 is 46.3 Å². The topological polar surface area (TPSA) is 88.9 Å². The standard InChI is InChI=1S/C26H20Cl2FN3O5S2/c27-16-3-1-2-15(20(16)28)18-19-21(24(35)32(23(19)34)14-6-4-13(29)5-7-14)38-25-22(18)39-26(36)31(25)12-17(33)30-8-10-37-11-9-30/h1-7,18-19,21H,8-12H2/t18-,19-,21+/m0/s1. The molecule has 3 atom stereocenters. The van der Waals surface area contributed by atoms with Gasteiger partial charge in [0.15, 0.2) is 0 Å². The molecule has 202 valence electrons. The van der Waals surface area contributed by atoms with Crippen LogP contribution in [0.15, 0.2) is 52.3 Å². The van der Waals surface area contributed by atoms with Crippen LogP contribution in [0.3, 0.4) is 0 Å². The highest BCUT2D eigenvalue weighted by molar-refractivity contribution is 8.00. The Morgan fingerprint density at radius 2 is 1.74 bits per heavy atom. The Morgan fingerprint density at radius 1 is 1.03 bits per heavy atom. The van der Waals surface area contributed by atoms with E-state index in [1.165, 1.54) is 28.8 Å². The number of morpholine rings is 1. The van der Waals surface area contributed by atoms with Gasteiger partial charge in [0.1, 0.15) is 17.6 Å². The van der Waals surface area contributed by atoms with Gasteiger partial charge in [-0.1, -0.05) is 58.4 Å². The van der Waals surface area contributed by atoms with Crippen molar-refractivity contribution in [3.63, 3.8) is 0 Å². The van der Waals surface area contributed by atoms with E-state index in [1.54, 1.807) is 23.1 Å². The quantitative estimate of drug-likeness (QED) is 0.416. The zero-order valence-electron chi connectivity index (χ0n) is 20.1. The number of benzene rings is 2. The summed E-state index contributed by atoms with van der Waals surface area (Å²) in [7, 11) is 0. The van der Waals surface area contributed by atoms with E-state index in [9.17, 15) is 23.6 Å². The van der Waals surface area contributed by atoms with Gasteiger partial charge >= 0.3 is 4.87 Å². The highest BCUT2D eigenvalue weighted by Crippen LogP contribution is 2.55. The highest BCUT2D eigenvalue weighted by Gasteiger charge is 2.57. The molecule has 6 rings (SSSR count). The van der Waals surface area contributed by atoms with E-state index in [-0.39, 0.29) is 33.1 Å². The van der Waals surface area contributed by atoms with Gasteiger partial charge in [-0.3, -0.25) is 23.7 Å². The van der Waals surface area contributed by atoms with Gasteiger partial charge in [-0.2, -0.15) is 0 Å². The number of anilines is 1.